The maximum atomic E-state index is 15.9. The van der Waals surface area contributed by atoms with Crippen LogP contribution in [0.15, 0.2) is 78.9 Å². The van der Waals surface area contributed by atoms with Crippen molar-refractivity contribution in [1.29, 1.82) is 0 Å². The lowest BCUT2D eigenvalue weighted by atomic mass is 9.91. The zero-order valence-corrected chi connectivity index (χ0v) is 22.7. The van der Waals surface area contributed by atoms with E-state index in [0.29, 0.717) is 11.3 Å². The minimum Gasteiger partial charge on any atom is -0.496 e. The van der Waals surface area contributed by atoms with Crippen molar-refractivity contribution in [3.05, 3.63) is 106 Å². The van der Waals surface area contributed by atoms with Crippen LogP contribution in [0.4, 0.5) is 21.5 Å². The van der Waals surface area contributed by atoms with E-state index in [2.05, 4.69) is 33.0 Å². The molecule has 0 spiro atoms. The molecule has 39 heavy (non-hydrogen) atoms. The average Bonchev–Trinajstić information content (AvgIpc) is 2.92. The molecule has 6 heteroatoms. The molecule has 0 aliphatic carbocycles. The lowest BCUT2D eigenvalue weighted by Crippen LogP contribution is -2.07. The number of nitrogens with one attached hydrogen (secondary N) is 1. The van der Waals surface area contributed by atoms with Gasteiger partial charge < -0.3 is 10.1 Å². The lowest BCUT2D eigenvalue weighted by molar-refractivity contribution is -0.383. The van der Waals surface area contributed by atoms with Gasteiger partial charge in [-0.3, -0.25) is 10.1 Å². The van der Waals surface area contributed by atoms with E-state index < -0.39 is 10.7 Å². The number of nitrogens with zero attached hydrogens (tertiary/aromatic N) is 1. The van der Waals surface area contributed by atoms with Gasteiger partial charge >= 0.3 is 0 Å². The molecule has 0 fully saturated rings. The predicted octanol–water partition coefficient (Wildman–Crippen LogP) is 9.71. The molecule has 0 heterocycles. The van der Waals surface area contributed by atoms with Gasteiger partial charge in [-0.2, -0.15) is 0 Å². The molecule has 0 aliphatic rings. The lowest BCUT2D eigenvalue weighted by Gasteiger charge is -2.23. The topological polar surface area (TPSA) is 64.4 Å². The van der Waals surface area contributed by atoms with Crippen LogP contribution >= 0.6 is 0 Å². The summed E-state index contributed by atoms with van der Waals surface area (Å²) in [5, 5.41) is 19.6. The van der Waals surface area contributed by atoms with Crippen molar-refractivity contribution in [2.75, 3.05) is 12.4 Å². The van der Waals surface area contributed by atoms with E-state index in [4.69, 9.17) is 4.74 Å². The number of methoxy groups -OCH3 is 1. The summed E-state index contributed by atoms with van der Waals surface area (Å²) in [5.74, 6) is 0.142. The highest BCUT2D eigenvalue weighted by atomic mass is 19.1. The Labute approximate surface area is 227 Å². The van der Waals surface area contributed by atoms with Crippen molar-refractivity contribution in [2.24, 2.45) is 0 Å². The molecule has 0 aliphatic heterocycles. The van der Waals surface area contributed by atoms with E-state index in [9.17, 15) is 10.1 Å². The Morgan fingerprint density at radius 3 is 2.10 bits per heavy atom. The molecular weight excluding hydrogens is 491 g/mol. The molecule has 0 saturated carbocycles. The van der Waals surface area contributed by atoms with Crippen LogP contribution in [0.5, 0.6) is 5.75 Å². The van der Waals surface area contributed by atoms with Crippen LogP contribution in [0.1, 0.15) is 50.7 Å². The minimum atomic E-state index is -0.575. The monoisotopic (exact) mass is 522 g/mol. The van der Waals surface area contributed by atoms with Gasteiger partial charge in [0.25, 0.3) is 5.69 Å². The summed E-state index contributed by atoms with van der Waals surface area (Å²) in [4.78, 5) is 11.8. The first-order valence-electron chi connectivity index (χ1n) is 13.1. The highest BCUT2D eigenvalue weighted by Gasteiger charge is 2.27. The molecule has 5 rings (SSSR count). The molecule has 0 radical (unpaired) electrons. The third-order valence-electron chi connectivity index (χ3n) is 7.29. The smallest absolute Gasteiger partial charge is 0.293 e. The third kappa shape index (κ3) is 4.67. The van der Waals surface area contributed by atoms with E-state index >= 15 is 4.39 Å². The Morgan fingerprint density at radius 1 is 0.795 bits per heavy atom. The van der Waals surface area contributed by atoms with Crippen molar-refractivity contribution >= 4 is 38.6 Å². The summed E-state index contributed by atoms with van der Waals surface area (Å²) in [6.07, 6.45) is 0. The van der Waals surface area contributed by atoms with Crippen LogP contribution in [-0.4, -0.2) is 12.0 Å². The Bertz CT molecular complexity index is 1700. The van der Waals surface area contributed by atoms with Crippen LogP contribution in [0, 0.1) is 15.9 Å². The predicted molar refractivity (Wildman–Crippen MR) is 158 cm³/mol. The highest BCUT2D eigenvalue weighted by molar-refractivity contribution is 6.10. The Balaban J connectivity index is 1.85. The highest BCUT2D eigenvalue weighted by Crippen LogP contribution is 2.47. The Morgan fingerprint density at radius 2 is 1.46 bits per heavy atom. The summed E-state index contributed by atoms with van der Waals surface area (Å²) >= 11 is 0. The number of anilines is 2. The van der Waals surface area contributed by atoms with Crippen molar-refractivity contribution in [1.82, 2.24) is 0 Å². The normalized spacial score (nSPS) is 11.5. The molecular formula is C33H31FN2O3. The fourth-order valence-electron chi connectivity index (χ4n) is 5.33. The van der Waals surface area contributed by atoms with Crippen molar-refractivity contribution in [2.45, 2.75) is 39.5 Å². The van der Waals surface area contributed by atoms with Crippen molar-refractivity contribution < 1.29 is 14.1 Å². The molecule has 0 bridgehead atoms. The van der Waals surface area contributed by atoms with Crippen LogP contribution in [0.3, 0.4) is 0 Å². The molecule has 198 valence electrons. The molecule has 0 amide bonds. The number of ether oxygens (including phenoxy) is 1. The second-order valence-electron chi connectivity index (χ2n) is 10.4. The fourth-order valence-corrected chi connectivity index (χ4v) is 5.33. The van der Waals surface area contributed by atoms with Crippen LogP contribution < -0.4 is 10.1 Å². The molecule has 5 aromatic rings. The number of rotatable bonds is 7. The Hall–Kier alpha value is -4.45. The quantitative estimate of drug-likeness (QED) is 0.131. The number of hydrogen-bond acceptors (Lipinski definition) is 4. The molecule has 1 N–H and O–H groups in total. The molecule has 5 aromatic carbocycles. The van der Waals surface area contributed by atoms with Gasteiger partial charge in [-0.1, -0.05) is 82.3 Å². The van der Waals surface area contributed by atoms with Gasteiger partial charge in [0.05, 0.1) is 17.6 Å². The number of nitro groups is 1. The van der Waals surface area contributed by atoms with E-state index in [1.807, 2.05) is 66.7 Å². The van der Waals surface area contributed by atoms with Crippen molar-refractivity contribution in [3.63, 3.8) is 0 Å². The van der Waals surface area contributed by atoms with Gasteiger partial charge in [0, 0.05) is 17.3 Å². The second kappa shape index (κ2) is 10.4. The first kappa shape index (κ1) is 26.2. The summed E-state index contributed by atoms with van der Waals surface area (Å²) in [7, 11) is 1.53. The maximum Gasteiger partial charge on any atom is 0.293 e. The van der Waals surface area contributed by atoms with Gasteiger partial charge in [0.1, 0.15) is 17.3 Å². The zero-order chi connectivity index (χ0) is 27.8. The van der Waals surface area contributed by atoms with Gasteiger partial charge in [0.15, 0.2) is 0 Å². The summed E-state index contributed by atoms with van der Waals surface area (Å²) in [6.45, 7) is 8.29. The zero-order valence-electron chi connectivity index (χ0n) is 22.7. The number of nitro benzene ring substituents is 1. The SMILES string of the molecule is COc1cc2ccc3ccccc3c2cc1-c1c(F)ccc([N+](=O)[O-])c1Nc1c(C(C)C)cccc1C(C)C. The van der Waals surface area contributed by atoms with Crippen molar-refractivity contribution in [3.8, 4) is 16.9 Å². The first-order valence-corrected chi connectivity index (χ1v) is 13.1. The number of benzene rings is 5. The molecule has 0 saturated heterocycles. The maximum absolute atomic E-state index is 15.9. The summed E-state index contributed by atoms with van der Waals surface area (Å²) in [6, 6.07) is 24.1. The van der Waals surface area contributed by atoms with Crippen LogP contribution in [0.25, 0.3) is 32.7 Å². The van der Waals surface area contributed by atoms with Gasteiger partial charge in [-0.25, -0.2) is 4.39 Å². The first-order chi connectivity index (χ1) is 18.7. The third-order valence-corrected chi connectivity index (χ3v) is 7.29. The average molecular weight is 523 g/mol. The van der Waals surface area contributed by atoms with Gasteiger partial charge in [-0.15, -0.1) is 0 Å². The van der Waals surface area contributed by atoms with E-state index in [1.165, 1.54) is 13.2 Å². The van der Waals surface area contributed by atoms with E-state index in [0.717, 1.165) is 44.4 Å². The van der Waals surface area contributed by atoms with E-state index in [-0.39, 0.29) is 28.8 Å². The number of hydrogen-bond donors (Lipinski definition) is 1. The van der Waals surface area contributed by atoms with E-state index in [1.54, 1.807) is 0 Å². The second-order valence-corrected chi connectivity index (χ2v) is 10.4. The van der Waals surface area contributed by atoms with Crippen LogP contribution in [0.2, 0.25) is 0 Å². The summed E-state index contributed by atoms with van der Waals surface area (Å²) < 4.78 is 21.7. The number of fused-ring (bicyclic) bond motifs is 3. The van der Waals surface area contributed by atoms with Crippen LogP contribution in [-0.2, 0) is 0 Å². The minimum absolute atomic E-state index is 0.101. The molecule has 0 atom stereocenters. The molecule has 0 aromatic heterocycles. The molecule has 0 unspecified atom stereocenters. The molecule has 5 nitrogen and oxygen atoms in total. The van der Waals surface area contributed by atoms with Gasteiger partial charge in [-0.05, 0) is 62.7 Å². The number of para-hydroxylation sites is 1. The summed E-state index contributed by atoms with van der Waals surface area (Å²) in [5.41, 5.74) is 3.21. The Kier molecular flexibility index (Phi) is 6.96. The fraction of sp³-hybridized carbons (Fsp3) is 0.212. The largest absolute Gasteiger partial charge is 0.496 e. The van der Waals surface area contributed by atoms with Gasteiger partial charge in [0.2, 0.25) is 0 Å². The number of halogens is 1. The standard InChI is InChI=1S/C33H31FN2O3/c1-19(2)23-11-8-12-24(20(3)4)32(23)35-33-29(36(37)38)16-15-28(34)31(33)27-18-26-22(17-30(27)39-5)14-13-21-9-6-7-10-25(21)26/h6-20,35H,1-5H3.